The summed E-state index contributed by atoms with van der Waals surface area (Å²) >= 11 is 0. The summed E-state index contributed by atoms with van der Waals surface area (Å²) in [6.07, 6.45) is 0.748. The quantitative estimate of drug-likeness (QED) is 0.845. The van der Waals surface area contributed by atoms with Gasteiger partial charge in [0.2, 0.25) is 0 Å². The fourth-order valence-electron chi connectivity index (χ4n) is 0.581. The molecule has 0 atom stereocenters. The predicted octanol–water partition coefficient (Wildman–Crippen LogP) is 3.46. The van der Waals surface area contributed by atoms with Gasteiger partial charge in [0.1, 0.15) is 5.76 Å². The first-order valence-corrected chi connectivity index (χ1v) is 5.27. The zero-order valence-corrected chi connectivity index (χ0v) is 10.5. The van der Waals surface area contributed by atoms with E-state index in [1.807, 2.05) is 0 Å². The van der Waals surface area contributed by atoms with E-state index in [4.69, 9.17) is 0 Å². The summed E-state index contributed by atoms with van der Waals surface area (Å²) in [6, 6.07) is 1.59. The topological polar surface area (TPSA) is 64.4 Å². The highest BCUT2D eigenvalue weighted by Gasteiger charge is 2.03. The smallest absolute Gasteiger partial charge is 0.412 e. The van der Waals surface area contributed by atoms with E-state index in [0.717, 1.165) is 5.92 Å². The fourth-order valence-corrected chi connectivity index (χ4v) is 0.581. The van der Waals surface area contributed by atoms with Crippen molar-refractivity contribution in [1.29, 1.82) is 0 Å². The van der Waals surface area contributed by atoms with Gasteiger partial charge in [0.15, 0.2) is 5.82 Å². The lowest BCUT2D eigenvalue weighted by molar-refractivity contribution is 0.186. The maximum Gasteiger partial charge on any atom is 0.412 e. The van der Waals surface area contributed by atoms with Crippen molar-refractivity contribution in [1.82, 2.24) is 5.16 Å². The van der Waals surface area contributed by atoms with Crippen LogP contribution in [0.2, 0.25) is 0 Å². The molecule has 94 valence electrons. The van der Waals surface area contributed by atoms with Crippen LogP contribution in [0.5, 0.6) is 0 Å². The molecule has 1 heterocycles. The molecule has 0 aliphatic heterocycles. The molecule has 0 unspecified atom stereocenters. The van der Waals surface area contributed by atoms with Gasteiger partial charge in [0, 0.05) is 7.49 Å². The van der Waals surface area contributed by atoms with Crippen LogP contribution in [-0.2, 0) is 4.74 Å². The van der Waals surface area contributed by atoms with Gasteiger partial charge in [-0.2, -0.15) is 0 Å². The normalized spacial score (nSPS) is 9.38. The van der Waals surface area contributed by atoms with Crippen LogP contribution >= 0.6 is 0 Å². The van der Waals surface area contributed by atoms with Crippen molar-refractivity contribution in [3.63, 3.8) is 0 Å². The lowest BCUT2D eigenvalue weighted by atomic mass is 10.2. The molecule has 0 bridgehead atoms. The third-order valence-corrected chi connectivity index (χ3v) is 1.86. The Morgan fingerprint density at radius 2 is 2.25 bits per heavy atom. The number of hydrogen-bond acceptors (Lipinski definition) is 4. The Bertz CT molecular complexity index is 313. The molecule has 1 N–H and O–H groups in total. The Hall–Kier alpha value is -1.52. The Morgan fingerprint density at radius 1 is 1.69 bits per heavy atom. The molecule has 0 aliphatic carbocycles. The molecule has 1 amide bonds. The van der Waals surface area contributed by atoms with Crippen LogP contribution in [0.3, 0.4) is 0 Å². The van der Waals surface area contributed by atoms with Gasteiger partial charge in [-0.25, -0.2) is 4.79 Å². The Morgan fingerprint density at radius 3 is 2.56 bits per heavy atom. The highest BCUT2D eigenvalue weighted by Crippen LogP contribution is 2.06. The highest BCUT2D eigenvalue weighted by molar-refractivity contribution is 5.82. The third-order valence-electron chi connectivity index (χ3n) is 1.86. The van der Waals surface area contributed by atoms with E-state index in [1.165, 1.54) is 13.5 Å². The first-order chi connectivity index (χ1) is 7.49. The minimum Gasteiger partial charge on any atom is -0.453 e. The number of hydrogen-bond donors (Lipinski definition) is 1. The molecule has 0 aliphatic rings. The molecular weight excluding hydrogens is 208 g/mol. The van der Waals surface area contributed by atoms with Gasteiger partial charge in [-0.15, -0.1) is 0 Å². The largest absolute Gasteiger partial charge is 0.453 e. The van der Waals surface area contributed by atoms with Crippen LogP contribution in [0.15, 0.2) is 10.6 Å². The average molecular weight is 230 g/mol. The summed E-state index contributed by atoms with van der Waals surface area (Å²) in [5.74, 6) is 1.88. The minimum atomic E-state index is -0.557. The van der Waals surface area contributed by atoms with Crippen LogP contribution < -0.4 is 5.32 Å². The van der Waals surface area contributed by atoms with Crippen molar-refractivity contribution in [3.8, 4) is 0 Å². The van der Waals surface area contributed by atoms with Crippen LogP contribution in [0.1, 0.15) is 34.4 Å². The number of amides is 1. The Balaban J connectivity index is 0. The molecule has 0 saturated carbocycles. The molecule has 0 spiro atoms. The number of nitrogens with one attached hydrogen (secondary N) is 1. The number of carbonyl (C=O) groups excluding carboxylic acids is 1. The van der Waals surface area contributed by atoms with Crippen LogP contribution in [0, 0.1) is 12.8 Å². The van der Waals surface area contributed by atoms with Gasteiger partial charge in [-0.3, -0.25) is 5.32 Å². The SMILES string of the molecule is CCC(C)C.COC(=O)Nc1cc(C)on1.[HH]. The number of ether oxygens (including phenoxy) is 1. The van der Waals surface area contributed by atoms with Crippen LogP contribution in [-0.4, -0.2) is 18.4 Å². The average Bonchev–Trinajstić information content (AvgIpc) is 2.64. The molecule has 1 aromatic heterocycles. The molecular formula is C11H22N2O3. The van der Waals surface area contributed by atoms with Gasteiger partial charge in [-0.05, 0) is 12.8 Å². The van der Waals surface area contributed by atoms with Gasteiger partial charge < -0.3 is 9.26 Å². The molecule has 16 heavy (non-hydrogen) atoms. The highest BCUT2D eigenvalue weighted by atomic mass is 16.5. The second-order valence-electron chi connectivity index (χ2n) is 3.74. The maximum atomic E-state index is 10.6. The van der Waals surface area contributed by atoms with Gasteiger partial charge in [-0.1, -0.05) is 32.3 Å². The summed E-state index contributed by atoms with van der Waals surface area (Å²) in [5.41, 5.74) is 0. The number of aryl methyl sites for hydroxylation is 1. The molecule has 0 fully saturated rings. The zero-order valence-electron chi connectivity index (χ0n) is 10.5. The standard InChI is InChI=1S/C6H8N2O3.C5H12.H2/c1-4-3-5(8-11-4)7-6(9)10-2;1-4-5(2)3;/h3H,1-2H3,(H,7,8,9);5H,4H2,1-3H3;1H. The van der Waals surface area contributed by atoms with Gasteiger partial charge in [0.05, 0.1) is 7.11 Å². The summed E-state index contributed by atoms with van der Waals surface area (Å²) in [4.78, 5) is 10.6. The molecule has 0 saturated heterocycles. The van der Waals surface area contributed by atoms with E-state index >= 15 is 0 Å². The lowest BCUT2D eigenvalue weighted by Crippen LogP contribution is -2.10. The lowest BCUT2D eigenvalue weighted by Gasteiger charge is -1.95. The number of anilines is 1. The minimum absolute atomic E-state index is 0. The molecule has 0 aromatic carbocycles. The summed E-state index contributed by atoms with van der Waals surface area (Å²) in [5, 5.41) is 5.86. The molecule has 1 aromatic rings. The first-order valence-electron chi connectivity index (χ1n) is 5.27. The van der Waals surface area contributed by atoms with E-state index in [0.29, 0.717) is 11.6 Å². The van der Waals surface area contributed by atoms with Crippen molar-refractivity contribution < 1.29 is 15.5 Å². The van der Waals surface area contributed by atoms with E-state index in [1.54, 1.807) is 13.0 Å². The summed E-state index contributed by atoms with van der Waals surface area (Å²) < 4.78 is 9.02. The van der Waals surface area contributed by atoms with E-state index in [9.17, 15) is 4.79 Å². The van der Waals surface area contributed by atoms with Gasteiger partial charge in [0.25, 0.3) is 0 Å². The summed E-state index contributed by atoms with van der Waals surface area (Å²) in [6.45, 7) is 8.38. The maximum absolute atomic E-state index is 10.6. The zero-order chi connectivity index (χ0) is 12.6. The Labute approximate surface area is 97.6 Å². The fraction of sp³-hybridized carbons (Fsp3) is 0.636. The number of methoxy groups -OCH3 is 1. The van der Waals surface area contributed by atoms with Crippen LogP contribution in [0.25, 0.3) is 0 Å². The molecule has 5 nitrogen and oxygen atoms in total. The van der Waals surface area contributed by atoms with Crippen molar-refractivity contribution in [3.05, 3.63) is 11.8 Å². The number of aromatic nitrogens is 1. The summed E-state index contributed by atoms with van der Waals surface area (Å²) in [7, 11) is 1.28. The van der Waals surface area contributed by atoms with E-state index < -0.39 is 6.09 Å². The molecule has 5 heteroatoms. The van der Waals surface area contributed by atoms with Crippen molar-refractivity contribution in [2.75, 3.05) is 12.4 Å². The second-order valence-corrected chi connectivity index (χ2v) is 3.74. The first kappa shape index (κ1) is 14.5. The molecule has 1 rings (SSSR count). The molecule has 0 radical (unpaired) electrons. The second kappa shape index (κ2) is 7.73. The Kier molecular flexibility index (Phi) is 7.00. The number of rotatable bonds is 2. The van der Waals surface area contributed by atoms with Gasteiger partial charge >= 0.3 is 6.09 Å². The van der Waals surface area contributed by atoms with Crippen LogP contribution in [0.4, 0.5) is 10.6 Å². The number of carbonyl (C=O) groups is 1. The van der Waals surface area contributed by atoms with Crippen molar-refractivity contribution in [2.45, 2.75) is 34.1 Å². The van der Waals surface area contributed by atoms with Crippen molar-refractivity contribution in [2.24, 2.45) is 5.92 Å². The monoisotopic (exact) mass is 230 g/mol. The van der Waals surface area contributed by atoms with E-state index in [-0.39, 0.29) is 1.43 Å². The third kappa shape index (κ3) is 6.86. The van der Waals surface area contributed by atoms with E-state index in [2.05, 4.69) is 40.5 Å². The van der Waals surface area contributed by atoms with Crippen molar-refractivity contribution >= 4 is 11.9 Å². The predicted molar refractivity (Wildman–Crippen MR) is 64.5 cm³/mol. The number of nitrogens with zero attached hydrogens (tertiary/aromatic N) is 1.